The fourth-order valence-electron chi connectivity index (χ4n) is 2.18. The Morgan fingerprint density at radius 3 is 2.79 bits per heavy atom. The van der Waals surface area contributed by atoms with Crippen molar-refractivity contribution >= 4 is 40.8 Å². The number of hydrogen-bond acceptors (Lipinski definition) is 5. The summed E-state index contributed by atoms with van der Waals surface area (Å²) in [5.74, 6) is -0.230. The SMILES string of the molecule is CC(Sc1cc(-c2cn[nH]c2)nnc1N)c1c(Cl)ccc(F)c1Cl. The van der Waals surface area contributed by atoms with Gasteiger partial charge in [0.2, 0.25) is 0 Å². The van der Waals surface area contributed by atoms with Crippen molar-refractivity contribution in [2.75, 3.05) is 5.73 Å². The number of nitrogens with two attached hydrogens (primary N) is 1. The van der Waals surface area contributed by atoms with Crippen LogP contribution in [0.4, 0.5) is 10.2 Å². The third-order valence-electron chi connectivity index (χ3n) is 3.37. The highest BCUT2D eigenvalue weighted by atomic mass is 35.5. The Balaban J connectivity index is 1.94. The quantitative estimate of drug-likeness (QED) is 0.501. The molecule has 3 aromatic rings. The number of aromatic nitrogens is 4. The third-order valence-corrected chi connectivity index (χ3v) is 5.25. The lowest BCUT2D eigenvalue weighted by atomic mass is 10.1. The zero-order valence-electron chi connectivity index (χ0n) is 12.4. The van der Waals surface area contributed by atoms with Gasteiger partial charge in [0, 0.05) is 27.6 Å². The van der Waals surface area contributed by atoms with Crippen LogP contribution in [0.5, 0.6) is 0 Å². The number of benzene rings is 1. The number of anilines is 1. The van der Waals surface area contributed by atoms with Crippen LogP contribution in [0, 0.1) is 5.82 Å². The first kappa shape index (κ1) is 17.0. The molecule has 0 spiro atoms. The molecule has 0 saturated carbocycles. The highest BCUT2D eigenvalue weighted by molar-refractivity contribution is 7.99. The summed E-state index contributed by atoms with van der Waals surface area (Å²) in [6.45, 7) is 1.87. The van der Waals surface area contributed by atoms with Crippen LogP contribution >= 0.6 is 35.0 Å². The lowest BCUT2D eigenvalue weighted by Gasteiger charge is -2.16. The Morgan fingerprint density at radius 2 is 2.08 bits per heavy atom. The molecule has 0 saturated heterocycles. The summed E-state index contributed by atoms with van der Waals surface area (Å²) in [4.78, 5) is 0.699. The van der Waals surface area contributed by atoms with E-state index in [9.17, 15) is 4.39 Å². The van der Waals surface area contributed by atoms with Crippen LogP contribution in [0.1, 0.15) is 17.7 Å². The molecular formula is C15H12Cl2FN5S. The van der Waals surface area contributed by atoms with Crippen molar-refractivity contribution in [2.45, 2.75) is 17.1 Å². The second kappa shape index (κ2) is 6.96. The van der Waals surface area contributed by atoms with Gasteiger partial charge in [0.05, 0.1) is 21.8 Å². The van der Waals surface area contributed by atoms with E-state index in [1.165, 1.54) is 23.9 Å². The van der Waals surface area contributed by atoms with Crippen molar-refractivity contribution in [3.05, 3.63) is 52.0 Å². The molecule has 0 aliphatic heterocycles. The number of nitrogens with one attached hydrogen (secondary N) is 1. The number of thioether (sulfide) groups is 1. The molecule has 2 heterocycles. The monoisotopic (exact) mass is 383 g/mol. The first-order valence-corrected chi connectivity index (χ1v) is 8.53. The highest BCUT2D eigenvalue weighted by Gasteiger charge is 2.20. The topological polar surface area (TPSA) is 80.5 Å². The van der Waals surface area contributed by atoms with E-state index in [4.69, 9.17) is 28.9 Å². The standard InChI is InChI=1S/C15H12Cl2FN5S/c1-7(13-9(16)2-3-10(18)14(13)17)24-12-4-11(22-23-15(12)19)8-5-20-21-6-8/h2-7H,1H3,(H2,19,23)(H,20,21). The molecule has 2 aromatic heterocycles. The van der Waals surface area contributed by atoms with Gasteiger partial charge in [0.25, 0.3) is 0 Å². The van der Waals surface area contributed by atoms with Crippen LogP contribution in [0.2, 0.25) is 10.0 Å². The molecule has 24 heavy (non-hydrogen) atoms. The molecule has 124 valence electrons. The fourth-order valence-corrected chi connectivity index (χ4v) is 4.09. The zero-order chi connectivity index (χ0) is 17.3. The van der Waals surface area contributed by atoms with E-state index in [1.54, 1.807) is 18.5 Å². The number of aromatic amines is 1. The van der Waals surface area contributed by atoms with Crippen LogP contribution in [-0.2, 0) is 0 Å². The predicted molar refractivity (Wildman–Crippen MR) is 94.7 cm³/mol. The number of rotatable bonds is 4. The van der Waals surface area contributed by atoms with Crippen molar-refractivity contribution in [1.82, 2.24) is 20.4 Å². The molecule has 5 nitrogen and oxygen atoms in total. The van der Waals surface area contributed by atoms with Gasteiger partial charge in [-0.25, -0.2) is 4.39 Å². The summed E-state index contributed by atoms with van der Waals surface area (Å²) in [6.07, 6.45) is 3.34. The number of halogens is 3. The molecule has 0 aliphatic carbocycles. The molecule has 1 atom stereocenters. The predicted octanol–water partition coefficient (Wildman–Crippen LogP) is 4.75. The molecule has 0 aliphatic rings. The number of hydrogen-bond donors (Lipinski definition) is 2. The minimum atomic E-state index is -0.511. The molecule has 0 fully saturated rings. The van der Waals surface area contributed by atoms with Crippen LogP contribution in [0.15, 0.2) is 35.5 Å². The van der Waals surface area contributed by atoms with Gasteiger partial charge in [-0.15, -0.1) is 22.0 Å². The molecular weight excluding hydrogens is 372 g/mol. The van der Waals surface area contributed by atoms with Crippen molar-refractivity contribution in [3.63, 3.8) is 0 Å². The molecule has 0 amide bonds. The molecule has 1 aromatic carbocycles. The van der Waals surface area contributed by atoms with Crippen LogP contribution in [0.3, 0.4) is 0 Å². The van der Waals surface area contributed by atoms with Gasteiger partial charge in [-0.05, 0) is 25.1 Å². The van der Waals surface area contributed by atoms with E-state index < -0.39 is 5.82 Å². The summed E-state index contributed by atoms with van der Waals surface area (Å²) < 4.78 is 13.7. The first-order chi connectivity index (χ1) is 11.5. The summed E-state index contributed by atoms with van der Waals surface area (Å²) in [7, 11) is 0. The molecule has 0 bridgehead atoms. The fraction of sp³-hybridized carbons (Fsp3) is 0.133. The van der Waals surface area contributed by atoms with Crippen molar-refractivity contribution in [1.29, 1.82) is 0 Å². The first-order valence-electron chi connectivity index (χ1n) is 6.89. The van der Waals surface area contributed by atoms with Gasteiger partial charge < -0.3 is 5.73 Å². The Kier molecular flexibility index (Phi) is 4.93. The molecule has 1 unspecified atom stereocenters. The van der Waals surface area contributed by atoms with Crippen LogP contribution in [-0.4, -0.2) is 20.4 Å². The Bertz CT molecular complexity index is 873. The highest BCUT2D eigenvalue weighted by Crippen LogP contribution is 2.43. The Labute approximate surface area is 151 Å². The average molecular weight is 384 g/mol. The van der Waals surface area contributed by atoms with E-state index in [-0.39, 0.29) is 16.1 Å². The van der Waals surface area contributed by atoms with Gasteiger partial charge in [-0.1, -0.05) is 23.2 Å². The molecule has 3 N–H and O–H groups in total. The van der Waals surface area contributed by atoms with Crippen molar-refractivity contribution in [2.24, 2.45) is 0 Å². The van der Waals surface area contributed by atoms with Gasteiger partial charge >= 0.3 is 0 Å². The van der Waals surface area contributed by atoms with Gasteiger partial charge in [-0.2, -0.15) is 5.10 Å². The van der Waals surface area contributed by atoms with E-state index >= 15 is 0 Å². The number of H-pyrrole nitrogens is 1. The van der Waals surface area contributed by atoms with E-state index in [1.807, 2.05) is 6.92 Å². The number of nitrogens with zero attached hydrogens (tertiary/aromatic N) is 3. The van der Waals surface area contributed by atoms with Crippen LogP contribution < -0.4 is 5.73 Å². The van der Waals surface area contributed by atoms with Crippen molar-refractivity contribution in [3.8, 4) is 11.3 Å². The lowest BCUT2D eigenvalue weighted by Crippen LogP contribution is -2.00. The van der Waals surface area contributed by atoms with Crippen molar-refractivity contribution < 1.29 is 4.39 Å². The van der Waals surface area contributed by atoms with Gasteiger partial charge in [0.15, 0.2) is 5.82 Å². The zero-order valence-corrected chi connectivity index (χ0v) is 14.8. The molecule has 9 heteroatoms. The average Bonchev–Trinajstić information content (AvgIpc) is 3.08. The third kappa shape index (κ3) is 3.33. The van der Waals surface area contributed by atoms with E-state index in [0.29, 0.717) is 21.2 Å². The van der Waals surface area contributed by atoms with E-state index in [0.717, 1.165) is 5.56 Å². The van der Waals surface area contributed by atoms with Gasteiger partial charge in [0.1, 0.15) is 5.82 Å². The smallest absolute Gasteiger partial charge is 0.159 e. The van der Waals surface area contributed by atoms with Gasteiger partial charge in [-0.3, -0.25) is 5.10 Å². The Hall–Kier alpha value is -1.83. The summed E-state index contributed by atoms with van der Waals surface area (Å²) in [6, 6.07) is 4.53. The lowest BCUT2D eigenvalue weighted by molar-refractivity contribution is 0.626. The Morgan fingerprint density at radius 1 is 1.29 bits per heavy atom. The summed E-state index contributed by atoms with van der Waals surface area (Å²) >= 11 is 13.6. The summed E-state index contributed by atoms with van der Waals surface area (Å²) in [5, 5.41) is 14.8. The maximum absolute atomic E-state index is 13.7. The minimum Gasteiger partial charge on any atom is -0.381 e. The second-order valence-electron chi connectivity index (χ2n) is 4.98. The largest absolute Gasteiger partial charge is 0.381 e. The van der Waals surface area contributed by atoms with E-state index in [2.05, 4.69) is 20.4 Å². The normalized spacial score (nSPS) is 12.3. The minimum absolute atomic E-state index is 0.0122. The second-order valence-corrected chi connectivity index (χ2v) is 7.15. The number of nitrogen functional groups attached to an aromatic ring is 1. The summed E-state index contributed by atoms with van der Waals surface area (Å²) in [5.41, 5.74) is 7.85. The maximum Gasteiger partial charge on any atom is 0.159 e. The maximum atomic E-state index is 13.7. The molecule has 0 radical (unpaired) electrons. The van der Waals surface area contributed by atoms with Crippen LogP contribution in [0.25, 0.3) is 11.3 Å². The molecule has 3 rings (SSSR count).